The maximum absolute atomic E-state index is 11.6. The van der Waals surface area contributed by atoms with E-state index >= 15 is 0 Å². The Bertz CT molecular complexity index is 579. The van der Waals surface area contributed by atoms with Crippen LogP contribution in [0.1, 0.15) is 50.7 Å². The van der Waals surface area contributed by atoms with Crippen LogP contribution in [0.2, 0.25) is 0 Å². The molecular formula is C16H25N3O4. The summed E-state index contributed by atoms with van der Waals surface area (Å²) in [5.41, 5.74) is 0.910. The van der Waals surface area contributed by atoms with Crippen LogP contribution in [0.3, 0.4) is 0 Å². The van der Waals surface area contributed by atoms with Crippen LogP contribution in [0, 0.1) is 34.1 Å². The Morgan fingerprint density at radius 2 is 1.52 bits per heavy atom. The maximum atomic E-state index is 11.6. The summed E-state index contributed by atoms with van der Waals surface area (Å²) >= 11 is 0. The van der Waals surface area contributed by atoms with E-state index in [-0.39, 0.29) is 17.1 Å². The van der Waals surface area contributed by atoms with Crippen LogP contribution in [-0.4, -0.2) is 22.9 Å². The van der Waals surface area contributed by atoms with E-state index in [4.69, 9.17) is 0 Å². The molecule has 0 saturated heterocycles. The standard InChI is InChI=1S/C16H25N3O4/c1-5-7-9-17(10-8-6-2)16-14(18(20)21)11-12(3)13(4)15(16)19(22)23/h11H,5-10H2,1-4H3. The van der Waals surface area contributed by atoms with E-state index in [0.717, 1.165) is 25.7 Å². The third-order valence-electron chi connectivity index (χ3n) is 4.03. The van der Waals surface area contributed by atoms with Crippen molar-refractivity contribution in [3.63, 3.8) is 0 Å². The van der Waals surface area contributed by atoms with Gasteiger partial charge in [0.1, 0.15) is 0 Å². The second-order valence-electron chi connectivity index (χ2n) is 5.74. The first kappa shape index (κ1) is 18.9. The van der Waals surface area contributed by atoms with Crippen LogP contribution >= 0.6 is 0 Å². The highest BCUT2D eigenvalue weighted by Crippen LogP contribution is 2.41. The molecule has 0 amide bonds. The minimum Gasteiger partial charge on any atom is -0.360 e. The summed E-state index contributed by atoms with van der Waals surface area (Å²) in [7, 11) is 0. The molecule has 0 aromatic heterocycles. The number of nitro groups is 2. The fourth-order valence-electron chi connectivity index (χ4n) is 2.58. The molecule has 0 aliphatic carbocycles. The number of nitrogens with zero attached hydrogens (tertiary/aromatic N) is 3. The van der Waals surface area contributed by atoms with Gasteiger partial charge in [-0.2, -0.15) is 0 Å². The molecule has 0 aliphatic heterocycles. The SMILES string of the molecule is CCCCN(CCCC)c1c([N+](=O)[O-])cc(C)c(C)c1[N+](=O)[O-]. The zero-order chi connectivity index (χ0) is 17.6. The van der Waals surface area contributed by atoms with E-state index in [1.165, 1.54) is 6.07 Å². The number of benzene rings is 1. The Labute approximate surface area is 136 Å². The molecular weight excluding hydrogens is 298 g/mol. The number of nitro benzene ring substituents is 2. The van der Waals surface area contributed by atoms with Gasteiger partial charge in [0.05, 0.1) is 9.85 Å². The van der Waals surface area contributed by atoms with Gasteiger partial charge in [0, 0.05) is 24.7 Å². The van der Waals surface area contributed by atoms with Crippen molar-refractivity contribution in [1.29, 1.82) is 0 Å². The van der Waals surface area contributed by atoms with Crippen molar-refractivity contribution in [2.75, 3.05) is 18.0 Å². The van der Waals surface area contributed by atoms with Crippen LogP contribution in [-0.2, 0) is 0 Å². The van der Waals surface area contributed by atoms with E-state index in [1.54, 1.807) is 13.8 Å². The molecule has 1 rings (SSSR count). The minimum atomic E-state index is -0.514. The average Bonchev–Trinajstić information content (AvgIpc) is 2.49. The molecule has 1 aromatic rings. The normalized spacial score (nSPS) is 10.6. The highest BCUT2D eigenvalue weighted by molar-refractivity contribution is 5.78. The zero-order valence-electron chi connectivity index (χ0n) is 14.3. The number of hydrogen-bond donors (Lipinski definition) is 0. The Kier molecular flexibility index (Phi) is 6.93. The first-order chi connectivity index (χ1) is 10.8. The van der Waals surface area contributed by atoms with Crippen LogP contribution in [0.15, 0.2) is 6.07 Å². The molecule has 128 valence electrons. The summed E-state index contributed by atoms with van der Waals surface area (Å²) in [6.07, 6.45) is 3.53. The molecule has 0 atom stereocenters. The van der Waals surface area contributed by atoms with Gasteiger partial charge in [0.25, 0.3) is 5.69 Å². The fourth-order valence-corrected chi connectivity index (χ4v) is 2.58. The second kappa shape index (κ2) is 8.45. The largest absolute Gasteiger partial charge is 0.360 e. The second-order valence-corrected chi connectivity index (χ2v) is 5.74. The van der Waals surface area contributed by atoms with Crippen LogP contribution in [0.25, 0.3) is 0 Å². The van der Waals surface area contributed by atoms with Crippen LogP contribution < -0.4 is 4.90 Å². The Morgan fingerprint density at radius 1 is 1.00 bits per heavy atom. The highest BCUT2D eigenvalue weighted by atomic mass is 16.6. The smallest absolute Gasteiger partial charge is 0.302 e. The number of aryl methyl sites for hydroxylation is 1. The monoisotopic (exact) mass is 323 g/mol. The van der Waals surface area contributed by atoms with Gasteiger partial charge in [-0.05, 0) is 32.3 Å². The van der Waals surface area contributed by atoms with Gasteiger partial charge in [0.2, 0.25) is 0 Å². The van der Waals surface area contributed by atoms with Crippen molar-refractivity contribution >= 4 is 17.1 Å². The molecule has 0 saturated carbocycles. The van der Waals surface area contributed by atoms with Gasteiger partial charge in [-0.3, -0.25) is 20.2 Å². The minimum absolute atomic E-state index is 0.135. The zero-order valence-corrected chi connectivity index (χ0v) is 14.3. The third-order valence-corrected chi connectivity index (χ3v) is 4.03. The first-order valence-corrected chi connectivity index (χ1v) is 8.03. The summed E-state index contributed by atoms with van der Waals surface area (Å²) in [5, 5.41) is 23.0. The highest BCUT2D eigenvalue weighted by Gasteiger charge is 2.32. The predicted octanol–water partition coefficient (Wildman–Crippen LogP) is 4.53. The Hall–Kier alpha value is -2.18. The number of rotatable bonds is 9. The summed E-state index contributed by atoms with van der Waals surface area (Å²) in [6.45, 7) is 8.55. The predicted molar refractivity (Wildman–Crippen MR) is 91.3 cm³/mol. The van der Waals surface area contributed by atoms with Gasteiger partial charge in [-0.25, -0.2) is 0 Å². The van der Waals surface area contributed by atoms with Crippen LogP contribution in [0.4, 0.5) is 17.1 Å². The lowest BCUT2D eigenvalue weighted by Gasteiger charge is -2.25. The van der Waals surface area contributed by atoms with Gasteiger partial charge in [-0.15, -0.1) is 0 Å². The van der Waals surface area contributed by atoms with Gasteiger partial charge < -0.3 is 4.90 Å². The molecule has 0 heterocycles. The van der Waals surface area contributed by atoms with Crippen molar-refractivity contribution in [3.05, 3.63) is 37.4 Å². The lowest BCUT2D eigenvalue weighted by molar-refractivity contribution is -0.393. The van der Waals surface area contributed by atoms with Crippen molar-refractivity contribution < 1.29 is 9.85 Å². The summed E-state index contributed by atoms with van der Waals surface area (Å²) in [6, 6.07) is 1.45. The molecule has 0 aliphatic rings. The molecule has 7 heteroatoms. The van der Waals surface area contributed by atoms with Gasteiger partial charge >= 0.3 is 5.69 Å². The van der Waals surface area contributed by atoms with Crippen LogP contribution in [0.5, 0.6) is 0 Å². The van der Waals surface area contributed by atoms with Crippen molar-refractivity contribution in [2.45, 2.75) is 53.4 Å². The number of unbranched alkanes of at least 4 members (excludes halogenated alkanes) is 2. The number of anilines is 1. The van der Waals surface area contributed by atoms with Gasteiger partial charge in [-0.1, -0.05) is 26.7 Å². The maximum Gasteiger partial charge on any atom is 0.302 e. The lowest BCUT2D eigenvalue weighted by Crippen LogP contribution is -2.27. The van der Waals surface area contributed by atoms with E-state index < -0.39 is 9.85 Å². The molecule has 0 unspecified atom stereocenters. The molecule has 23 heavy (non-hydrogen) atoms. The number of hydrogen-bond acceptors (Lipinski definition) is 5. The quantitative estimate of drug-likeness (QED) is 0.492. The first-order valence-electron chi connectivity index (χ1n) is 8.03. The lowest BCUT2D eigenvalue weighted by atomic mass is 10.0. The van der Waals surface area contributed by atoms with E-state index in [9.17, 15) is 20.2 Å². The molecule has 0 fully saturated rings. The summed E-state index contributed by atoms with van der Waals surface area (Å²) in [5.74, 6) is 0. The fraction of sp³-hybridized carbons (Fsp3) is 0.625. The van der Waals surface area contributed by atoms with Crippen molar-refractivity contribution in [3.8, 4) is 0 Å². The molecule has 0 spiro atoms. The van der Waals surface area contributed by atoms with E-state index in [2.05, 4.69) is 0 Å². The molecule has 0 radical (unpaired) electrons. The molecule has 7 nitrogen and oxygen atoms in total. The van der Waals surface area contributed by atoms with Crippen molar-refractivity contribution in [1.82, 2.24) is 0 Å². The van der Waals surface area contributed by atoms with Gasteiger partial charge in [0.15, 0.2) is 5.69 Å². The Balaban J connectivity index is 3.56. The van der Waals surface area contributed by atoms with E-state index in [0.29, 0.717) is 24.2 Å². The molecule has 0 N–H and O–H groups in total. The summed E-state index contributed by atoms with van der Waals surface area (Å²) in [4.78, 5) is 23.9. The molecule has 1 aromatic carbocycles. The average molecular weight is 323 g/mol. The van der Waals surface area contributed by atoms with E-state index in [1.807, 2.05) is 18.7 Å². The molecule has 0 bridgehead atoms. The third kappa shape index (κ3) is 4.40. The topological polar surface area (TPSA) is 89.5 Å². The Morgan fingerprint density at radius 3 is 1.91 bits per heavy atom. The summed E-state index contributed by atoms with van der Waals surface area (Å²) < 4.78 is 0. The van der Waals surface area contributed by atoms with Crippen molar-refractivity contribution in [2.24, 2.45) is 0 Å².